The van der Waals surface area contributed by atoms with Crippen LogP contribution in [-0.2, 0) is 17.6 Å². The van der Waals surface area contributed by atoms with Crippen LogP contribution in [-0.4, -0.2) is 5.78 Å². The van der Waals surface area contributed by atoms with E-state index in [1.54, 1.807) is 0 Å². The molecule has 1 aromatic carbocycles. The molecule has 1 aliphatic carbocycles. The van der Waals surface area contributed by atoms with Gasteiger partial charge in [0.05, 0.1) is 0 Å². The maximum atomic E-state index is 11.2. The molecule has 0 saturated heterocycles. The minimum Gasteiger partial charge on any atom is -0.299 e. The molecule has 0 spiro atoms. The topological polar surface area (TPSA) is 17.1 Å². The van der Waals surface area contributed by atoms with Crippen LogP contribution in [0.3, 0.4) is 0 Å². The predicted octanol–water partition coefficient (Wildman–Crippen LogP) is 2.71. The van der Waals surface area contributed by atoms with Gasteiger partial charge in [-0.1, -0.05) is 17.7 Å². The quantitative estimate of drug-likeness (QED) is 0.621. The lowest BCUT2D eigenvalue weighted by molar-refractivity contribution is -0.118. The van der Waals surface area contributed by atoms with Crippen molar-refractivity contribution in [1.29, 1.82) is 0 Å². The summed E-state index contributed by atoms with van der Waals surface area (Å²) in [6, 6.07) is 4.04. The fourth-order valence-corrected chi connectivity index (χ4v) is 1.94. The normalized spacial score (nSPS) is 15.7. The Hall–Kier alpha value is -0.820. The Morgan fingerprint density at radius 2 is 2.00 bits per heavy atom. The maximum absolute atomic E-state index is 11.2. The van der Waals surface area contributed by atoms with Gasteiger partial charge in [-0.25, -0.2) is 0 Å². The summed E-state index contributed by atoms with van der Waals surface area (Å²) in [4.78, 5) is 11.2. The summed E-state index contributed by atoms with van der Waals surface area (Å²) >= 11 is 5.98. The highest BCUT2D eigenvalue weighted by Gasteiger charge is 2.16. The first kappa shape index (κ1) is 8.76. The Morgan fingerprint density at radius 3 is 2.77 bits per heavy atom. The molecule has 68 valence electrons. The van der Waals surface area contributed by atoms with E-state index in [2.05, 4.69) is 6.07 Å². The summed E-state index contributed by atoms with van der Waals surface area (Å²) in [7, 11) is 0. The minimum absolute atomic E-state index is 0.326. The number of carbonyl (C=O) groups is 1. The van der Waals surface area contributed by atoms with Crippen molar-refractivity contribution in [3.8, 4) is 0 Å². The van der Waals surface area contributed by atoms with Crippen LogP contribution in [0.5, 0.6) is 0 Å². The summed E-state index contributed by atoms with van der Waals surface area (Å²) in [5.41, 5.74) is 3.52. The van der Waals surface area contributed by atoms with Gasteiger partial charge in [-0.15, -0.1) is 0 Å². The molecule has 1 aliphatic rings. The van der Waals surface area contributed by atoms with E-state index in [1.165, 1.54) is 5.56 Å². The summed E-state index contributed by atoms with van der Waals surface area (Å²) < 4.78 is 0. The van der Waals surface area contributed by atoms with Crippen LogP contribution >= 0.6 is 11.6 Å². The van der Waals surface area contributed by atoms with E-state index in [1.807, 2.05) is 13.0 Å². The van der Waals surface area contributed by atoms with Crippen molar-refractivity contribution >= 4 is 17.4 Å². The lowest BCUT2D eigenvalue weighted by atomic mass is 9.90. The molecule has 0 N–H and O–H groups in total. The van der Waals surface area contributed by atoms with Crippen LogP contribution < -0.4 is 0 Å². The summed E-state index contributed by atoms with van der Waals surface area (Å²) in [6.45, 7) is 2.00. The number of carbonyl (C=O) groups excluding carboxylic acids is 1. The molecule has 0 heterocycles. The number of benzene rings is 1. The number of halogens is 1. The fourth-order valence-electron chi connectivity index (χ4n) is 1.75. The molecular formula is C11H11ClO. The number of hydrogen-bond acceptors (Lipinski definition) is 1. The smallest absolute Gasteiger partial charge is 0.137 e. The van der Waals surface area contributed by atoms with Crippen molar-refractivity contribution in [1.82, 2.24) is 0 Å². The minimum atomic E-state index is 0.326. The largest absolute Gasteiger partial charge is 0.299 e. The van der Waals surface area contributed by atoms with Gasteiger partial charge in [0.25, 0.3) is 0 Å². The molecule has 1 aromatic rings. The van der Waals surface area contributed by atoms with E-state index in [4.69, 9.17) is 11.6 Å². The van der Waals surface area contributed by atoms with Gasteiger partial charge in [-0.3, -0.25) is 4.79 Å². The maximum Gasteiger partial charge on any atom is 0.137 e. The Labute approximate surface area is 82.7 Å². The van der Waals surface area contributed by atoms with E-state index >= 15 is 0 Å². The molecule has 0 bridgehead atoms. The zero-order valence-corrected chi connectivity index (χ0v) is 8.32. The molecule has 0 aliphatic heterocycles. The number of Topliss-reactive ketones (excluding diaryl/α,β-unsaturated/α-hetero) is 1. The van der Waals surface area contributed by atoms with Gasteiger partial charge in [0.2, 0.25) is 0 Å². The van der Waals surface area contributed by atoms with Crippen LogP contribution in [0.15, 0.2) is 12.1 Å². The summed E-state index contributed by atoms with van der Waals surface area (Å²) in [5.74, 6) is 0.326. The molecule has 0 atom stereocenters. The van der Waals surface area contributed by atoms with E-state index in [0.29, 0.717) is 18.6 Å². The third-order valence-corrected chi connectivity index (χ3v) is 2.95. The fraction of sp³-hybridized carbons (Fsp3) is 0.364. The second kappa shape index (κ2) is 3.15. The van der Waals surface area contributed by atoms with Gasteiger partial charge in [0.1, 0.15) is 5.78 Å². The second-order valence-corrected chi connectivity index (χ2v) is 3.99. The van der Waals surface area contributed by atoms with E-state index in [-0.39, 0.29) is 0 Å². The molecule has 13 heavy (non-hydrogen) atoms. The highest BCUT2D eigenvalue weighted by molar-refractivity contribution is 6.31. The third kappa shape index (κ3) is 1.61. The molecule has 2 rings (SSSR count). The SMILES string of the molecule is Cc1cc2c(cc1Cl)CC(=O)CC2. The molecule has 0 amide bonds. The number of aryl methyl sites for hydroxylation is 2. The highest BCUT2D eigenvalue weighted by atomic mass is 35.5. The molecule has 2 heteroatoms. The Kier molecular flexibility index (Phi) is 2.12. The number of fused-ring (bicyclic) bond motifs is 1. The number of hydrogen-bond donors (Lipinski definition) is 0. The Morgan fingerprint density at radius 1 is 1.23 bits per heavy atom. The highest BCUT2D eigenvalue weighted by Crippen LogP contribution is 2.25. The average Bonchev–Trinajstić information content (AvgIpc) is 2.08. The van der Waals surface area contributed by atoms with Crippen molar-refractivity contribution in [2.75, 3.05) is 0 Å². The van der Waals surface area contributed by atoms with Crippen LogP contribution in [0.1, 0.15) is 23.1 Å². The van der Waals surface area contributed by atoms with E-state index in [0.717, 1.165) is 22.6 Å². The van der Waals surface area contributed by atoms with Crippen molar-refractivity contribution in [3.63, 3.8) is 0 Å². The zero-order valence-electron chi connectivity index (χ0n) is 7.56. The van der Waals surface area contributed by atoms with Gasteiger partial charge in [0.15, 0.2) is 0 Å². The van der Waals surface area contributed by atoms with Crippen LogP contribution in [0.25, 0.3) is 0 Å². The van der Waals surface area contributed by atoms with E-state index in [9.17, 15) is 4.79 Å². The predicted molar refractivity (Wildman–Crippen MR) is 53.2 cm³/mol. The van der Waals surface area contributed by atoms with Crippen molar-refractivity contribution in [2.45, 2.75) is 26.2 Å². The molecule has 0 fully saturated rings. The van der Waals surface area contributed by atoms with Crippen LogP contribution in [0.2, 0.25) is 5.02 Å². The Balaban J connectivity index is 2.49. The first-order valence-corrected chi connectivity index (χ1v) is 4.84. The first-order chi connectivity index (χ1) is 6.16. The number of ketones is 1. The van der Waals surface area contributed by atoms with E-state index < -0.39 is 0 Å². The van der Waals surface area contributed by atoms with Crippen molar-refractivity contribution in [3.05, 3.63) is 33.8 Å². The van der Waals surface area contributed by atoms with Crippen molar-refractivity contribution in [2.24, 2.45) is 0 Å². The summed E-state index contributed by atoms with van der Waals surface area (Å²) in [6.07, 6.45) is 2.13. The van der Waals surface area contributed by atoms with Crippen molar-refractivity contribution < 1.29 is 4.79 Å². The first-order valence-electron chi connectivity index (χ1n) is 4.46. The molecule has 1 nitrogen and oxygen atoms in total. The third-order valence-electron chi connectivity index (χ3n) is 2.54. The van der Waals surface area contributed by atoms with Gasteiger partial charge in [-0.05, 0) is 36.1 Å². The lowest BCUT2D eigenvalue weighted by Gasteiger charge is -2.15. The zero-order chi connectivity index (χ0) is 9.42. The van der Waals surface area contributed by atoms with Crippen LogP contribution in [0, 0.1) is 6.92 Å². The Bertz CT molecular complexity index is 369. The average molecular weight is 195 g/mol. The molecule has 0 aromatic heterocycles. The standard InChI is InChI=1S/C11H11ClO/c1-7-4-8-2-3-10(13)5-9(8)6-11(7)12/h4,6H,2-3,5H2,1H3. The number of rotatable bonds is 0. The molecule has 0 unspecified atom stereocenters. The monoisotopic (exact) mass is 194 g/mol. The van der Waals surface area contributed by atoms with Gasteiger partial charge >= 0.3 is 0 Å². The second-order valence-electron chi connectivity index (χ2n) is 3.59. The summed E-state index contributed by atoms with van der Waals surface area (Å²) in [5, 5.41) is 0.772. The molecule has 0 radical (unpaired) electrons. The van der Waals surface area contributed by atoms with Gasteiger partial charge in [0, 0.05) is 17.9 Å². The van der Waals surface area contributed by atoms with Gasteiger partial charge in [-0.2, -0.15) is 0 Å². The molecule has 0 saturated carbocycles. The molecular weight excluding hydrogens is 184 g/mol. The lowest BCUT2D eigenvalue weighted by Crippen LogP contribution is -2.13. The van der Waals surface area contributed by atoms with Crippen LogP contribution in [0.4, 0.5) is 0 Å². The van der Waals surface area contributed by atoms with Gasteiger partial charge < -0.3 is 0 Å².